The van der Waals surface area contributed by atoms with Crippen LogP contribution in [0.4, 0.5) is 13.2 Å². The van der Waals surface area contributed by atoms with Gasteiger partial charge in [0.25, 0.3) is 5.60 Å². The van der Waals surface area contributed by atoms with Crippen LogP contribution in [0.2, 0.25) is 0 Å². The molecule has 1 N–H and O–H groups in total. The summed E-state index contributed by atoms with van der Waals surface area (Å²) in [7, 11) is 0. The summed E-state index contributed by atoms with van der Waals surface area (Å²) in [5.74, 6) is -1.99. The number of carbonyl (C=O) groups is 1. The summed E-state index contributed by atoms with van der Waals surface area (Å²) in [6.07, 6.45) is -5.18. The molecule has 2 aliphatic heterocycles. The molecule has 0 aromatic heterocycles. The van der Waals surface area contributed by atoms with Gasteiger partial charge in [-0.2, -0.15) is 13.2 Å². The van der Waals surface area contributed by atoms with Crippen molar-refractivity contribution in [2.75, 3.05) is 6.79 Å². The Morgan fingerprint density at radius 2 is 1.78 bits per heavy atom. The number of benzene rings is 1. The van der Waals surface area contributed by atoms with Crippen molar-refractivity contribution in [2.45, 2.75) is 11.8 Å². The van der Waals surface area contributed by atoms with Crippen LogP contribution in [-0.4, -0.2) is 24.0 Å². The molecule has 2 heterocycles. The molecule has 8 heteroatoms. The minimum Gasteiger partial charge on any atom is -0.454 e. The molecule has 18 heavy (non-hydrogen) atoms. The Labute approximate surface area is 97.7 Å². The van der Waals surface area contributed by atoms with E-state index < -0.39 is 23.3 Å². The molecule has 0 aliphatic carbocycles. The SMILES string of the molecule is O=C1Oc2cc3c(cc2[C@]1(O)C(F)(F)F)OCO3. The number of hydrogen-bond acceptors (Lipinski definition) is 5. The quantitative estimate of drug-likeness (QED) is 0.560. The van der Waals surface area contributed by atoms with Gasteiger partial charge in [0.05, 0.1) is 5.56 Å². The number of carbonyl (C=O) groups excluding carboxylic acids is 1. The van der Waals surface area contributed by atoms with Gasteiger partial charge in [0, 0.05) is 6.07 Å². The van der Waals surface area contributed by atoms with Gasteiger partial charge >= 0.3 is 12.1 Å². The van der Waals surface area contributed by atoms with Crippen LogP contribution < -0.4 is 14.2 Å². The van der Waals surface area contributed by atoms with Gasteiger partial charge in [0.1, 0.15) is 5.75 Å². The van der Waals surface area contributed by atoms with Gasteiger partial charge in [0.2, 0.25) is 6.79 Å². The molecule has 1 atom stereocenters. The first-order valence-corrected chi connectivity index (χ1v) is 4.79. The number of halogens is 3. The Morgan fingerprint density at radius 3 is 2.39 bits per heavy atom. The fraction of sp³-hybridized carbons (Fsp3) is 0.300. The van der Waals surface area contributed by atoms with E-state index in [4.69, 9.17) is 9.47 Å². The highest BCUT2D eigenvalue weighted by atomic mass is 19.4. The standard InChI is InChI=1S/C10H5F3O5/c11-10(12,13)9(15)4-1-6-7(17-3-16-6)2-5(4)18-8(9)14/h1-2,15H,3H2/t9-/m1/s1. The monoisotopic (exact) mass is 262 g/mol. The number of alkyl halides is 3. The summed E-state index contributed by atoms with van der Waals surface area (Å²) in [6.45, 7) is -0.142. The molecule has 5 nitrogen and oxygen atoms in total. The third-order valence-electron chi connectivity index (χ3n) is 2.77. The molecule has 96 valence electrons. The summed E-state index contributed by atoms with van der Waals surface area (Å²) in [4.78, 5) is 11.3. The predicted molar refractivity (Wildman–Crippen MR) is 48.2 cm³/mol. The molecule has 2 aliphatic rings. The molecule has 0 radical (unpaired) electrons. The van der Waals surface area contributed by atoms with Crippen molar-refractivity contribution in [3.63, 3.8) is 0 Å². The zero-order valence-corrected chi connectivity index (χ0v) is 8.58. The van der Waals surface area contributed by atoms with Crippen molar-refractivity contribution < 1.29 is 37.3 Å². The Morgan fingerprint density at radius 1 is 1.17 bits per heavy atom. The van der Waals surface area contributed by atoms with Gasteiger partial charge in [-0.05, 0) is 6.07 Å². The number of esters is 1. The van der Waals surface area contributed by atoms with Crippen LogP contribution in [0, 0.1) is 0 Å². The van der Waals surface area contributed by atoms with E-state index in [-0.39, 0.29) is 24.0 Å². The minimum atomic E-state index is -5.18. The molecule has 1 aromatic rings. The highest BCUT2D eigenvalue weighted by Crippen LogP contribution is 2.51. The van der Waals surface area contributed by atoms with Crippen LogP contribution in [-0.2, 0) is 10.4 Å². The second kappa shape index (κ2) is 3.08. The van der Waals surface area contributed by atoms with Crippen LogP contribution in [0.3, 0.4) is 0 Å². The predicted octanol–water partition coefficient (Wildman–Crippen LogP) is 1.08. The average molecular weight is 262 g/mol. The van der Waals surface area contributed by atoms with E-state index in [1.165, 1.54) is 0 Å². The van der Waals surface area contributed by atoms with Crippen molar-refractivity contribution in [3.8, 4) is 17.2 Å². The van der Waals surface area contributed by atoms with Crippen LogP contribution in [0.5, 0.6) is 17.2 Å². The van der Waals surface area contributed by atoms with Crippen LogP contribution >= 0.6 is 0 Å². The highest BCUT2D eigenvalue weighted by molar-refractivity contribution is 5.90. The smallest absolute Gasteiger partial charge is 0.432 e. The van der Waals surface area contributed by atoms with Crippen LogP contribution in [0.15, 0.2) is 12.1 Å². The van der Waals surface area contributed by atoms with Gasteiger partial charge in [-0.1, -0.05) is 0 Å². The Balaban J connectivity index is 2.21. The Hall–Kier alpha value is -1.96. The maximum absolute atomic E-state index is 12.8. The summed E-state index contributed by atoms with van der Waals surface area (Å²) >= 11 is 0. The number of aliphatic hydroxyl groups is 1. The molecular weight excluding hydrogens is 257 g/mol. The number of fused-ring (bicyclic) bond motifs is 2. The summed E-state index contributed by atoms with van der Waals surface area (Å²) in [5.41, 5.74) is -4.35. The van der Waals surface area contributed by atoms with Crippen molar-refractivity contribution >= 4 is 5.97 Å². The summed E-state index contributed by atoms with van der Waals surface area (Å²) < 4.78 is 52.7. The fourth-order valence-corrected chi connectivity index (χ4v) is 1.84. The van der Waals surface area contributed by atoms with Gasteiger partial charge in [-0.25, -0.2) is 4.79 Å². The molecule has 0 saturated heterocycles. The average Bonchev–Trinajstić information content (AvgIpc) is 2.80. The molecule has 0 spiro atoms. The van der Waals surface area contributed by atoms with Crippen molar-refractivity contribution in [3.05, 3.63) is 17.7 Å². The van der Waals surface area contributed by atoms with E-state index in [0.29, 0.717) is 0 Å². The number of hydrogen-bond donors (Lipinski definition) is 1. The first kappa shape index (κ1) is 11.1. The second-order valence-corrected chi connectivity index (χ2v) is 3.80. The van der Waals surface area contributed by atoms with Gasteiger partial charge < -0.3 is 19.3 Å². The summed E-state index contributed by atoms with van der Waals surface area (Å²) in [5, 5.41) is 9.58. The molecule has 0 amide bonds. The lowest BCUT2D eigenvalue weighted by molar-refractivity contribution is -0.258. The van der Waals surface area contributed by atoms with Crippen LogP contribution in [0.1, 0.15) is 5.56 Å². The zero-order valence-electron chi connectivity index (χ0n) is 8.58. The van der Waals surface area contributed by atoms with Crippen LogP contribution in [0.25, 0.3) is 0 Å². The minimum absolute atomic E-state index is 0.0229. The maximum atomic E-state index is 12.8. The van der Waals surface area contributed by atoms with E-state index in [1.807, 2.05) is 0 Å². The van der Waals surface area contributed by atoms with E-state index >= 15 is 0 Å². The topological polar surface area (TPSA) is 65.0 Å². The molecule has 0 saturated carbocycles. The molecule has 3 rings (SSSR count). The van der Waals surface area contributed by atoms with Crippen molar-refractivity contribution in [1.29, 1.82) is 0 Å². The third-order valence-corrected chi connectivity index (χ3v) is 2.77. The van der Waals surface area contributed by atoms with E-state index in [9.17, 15) is 23.1 Å². The highest BCUT2D eigenvalue weighted by Gasteiger charge is 2.66. The van der Waals surface area contributed by atoms with Gasteiger partial charge in [0.15, 0.2) is 11.5 Å². The zero-order chi connectivity index (χ0) is 13.1. The second-order valence-electron chi connectivity index (χ2n) is 3.80. The molecule has 0 unspecified atom stereocenters. The third kappa shape index (κ3) is 1.18. The van der Waals surface area contributed by atoms with E-state index in [2.05, 4.69) is 4.74 Å². The Kier molecular flexibility index (Phi) is 1.91. The van der Waals surface area contributed by atoms with E-state index in [1.54, 1.807) is 0 Å². The molecule has 0 fully saturated rings. The van der Waals surface area contributed by atoms with Gasteiger partial charge in [-0.15, -0.1) is 0 Å². The fourth-order valence-electron chi connectivity index (χ4n) is 1.84. The van der Waals surface area contributed by atoms with Crippen molar-refractivity contribution in [2.24, 2.45) is 0 Å². The number of rotatable bonds is 0. The normalized spacial score (nSPS) is 25.0. The lowest BCUT2D eigenvalue weighted by Crippen LogP contribution is -2.47. The first-order chi connectivity index (χ1) is 8.34. The Bertz CT molecular complexity index is 553. The first-order valence-electron chi connectivity index (χ1n) is 4.79. The molecule has 0 bridgehead atoms. The molecule has 1 aromatic carbocycles. The lowest BCUT2D eigenvalue weighted by Gasteiger charge is -2.22. The summed E-state index contributed by atoms with van der Waals surface area (Å²) in [6, 6.07) is 1.98. The maximum Gasteiger partial charge on any atom is 0.432 e. The lowest BCUT2D eigenvalue weighted by atomic mass is 9.94. The van der Waals surface area contributed by atoms with Crippen molar-refractivity contribution in [1.82, 2.24) is 0 Å². The largest absolute Gasteiger partial charge is 0.454 e. The van der Waals surface area contributed by atoms with Gasteiger partial charge in [-0.3, -0.25) is 0 Å². The molecular formula is C10H5F3O5. The van der Waals surface area contributed by atoms with E-state index in [0.717, 1.165) is 12.1 Å². The number of ether oxygens (including phenoxy) is 3.